The molecule has 0 aliphatic rings. The Hall–Kier alpha value is -1.27. The van der Waals surface area contributed by atoms with E-state index in [2.05, 4.69) is 21.2 Å². The van der Waals surface area contributed by atoms with Gasteiger partial charge in [-0.2, -0.15) is 0 Å². The van der Waals surface area contributed by atoms with E-state index in [1.165, 1.54) is 6.26 Å². The third kappa shape index (κ3) is 2.84. The number of hydrogen-bond acceptors (Lipinski definition) is 2. The van der Waals surface area contributed by atoms with Gasteiger partial charge >= 0.3 is 0 Å². The van der Waals surface area contributed by atoms with Crippen LogP contribution in [0, 0.1) is 17.5 Å². The van der Waals surface area contributed by atoms with Crippen molar-refractivity contribution in [3.05, 3.63) is 57.7 Å². The maximum atomic E-state index is 13.8. The van der Waals surface area contributed by atoms with Crippen LogP contribution in [0.15, 0.2) is 33.5 Å². The molecule has 0 radical (unpaired) electrons. The number of halogens is 4. The predicted octanol–water partition coefficient (Wildman–Crippen LogP) is 4.16. The average Bonchev–Trinajstić information content (AvgIpc) is 2.77. The van der Waals surface area contributed by atoms with E-state index >= 15 is 0 Å². The van der Waals surface area contributed by atoms with Gasteiger partial charge in [-0.3, -0.25) is 0 Å². The van der Waals surface area contributed by atoms with Crippen molar-refractivity contribution in [2.24, 2.45) is 0 Å². The molecule has 2 aromatic rings. The molecule has 1 aromatic heterocycles. The Bertz CT molecular complexity index is 585. The van der Waals surface area contributed by atoms with Gasteiger partial charge in [-0.1, -0.05) is 6.92 Å². The van der Waals surface area contributed by atoms with Crippen LogP contribution in [0.2, 0.25) is 0 Å². The molecule has 1 N–H and O–H groups in total. The second-order valence-corrected chi connectivity index (χ2v) is 4.65. The fourth-order valence-electron chi connectivity index (χ4n) is 1.86. The molecule has 0 saturated carbocycles. The SMILES string of the molecule is CCNC(c1cc(F)c(F)cc1F)c1ccoc1Br. The Morgan fingerprint density at radius 2 is 1.84 bits per heavy atom. The van der Waals surface area contributed by atoms with E-state index in [-0.39, 0.29) is 5.56 Å². The van der Waals surface area contributed by atoms with Gasteiger partial charge in [0.25, 0.3) is 0 Å². The normalized spacial score (nSPS) is 12.7. The first-order valence-corrected chi connectivity index (χ1v) is 6.44. The van der Waals surface area contributed by atoms with E-state index < -0.39 is 23.5 Å². The van der Waals surface area contributed by atoms with Crippen LogP contribution < -0.4 is 5.32 Å². The highest BCUT2D eigenvalue weighted by atomic mass is 79.9. The zero-order valence-electron chi connectivity index (χ0n) is 10.0. The van der Waals surface area contributed by atoms with E-state index in [0.29, 0.717) is 22.8 Å². The monoisotopic (exact) mass is 333 g/mol. The molecule has 2 nitrogen and oxygen atoms in total. The summed E-state index contributed by atoms with van der Waals surface area (Å²) in [5.41, 5.74) is 0.648. The minimum atomic E-state index is -1.21. The van der Waals surface area contributed by atoms with E-state index in [1.54, 1.807) is 6.07 Å². The fraction of sp³-hybridized carbons (Fsp3) is 0.231. The molecule has 1 unspecified atom stereocenters. The maximum absolute atomic E-state index is 13.8. The lowest BCUT2D eigenvalue weighted by atomic mass is 10.0. The van der Waals surface area contributed by atoms with Crippen LogP contribution >= 0.6 is 15.9 Å². The second-order valence-electron chi connectivity index (χ2n) is 3.93. The highest BCUT2D eigenvalue weighted by Gasteiger charge is 2.23. The molecule has 1 heterocycles. The number of benzene rings is 1. The molecule has 0 aliphatic heterocycles. The summed E-state index contributed by atoms with van der Waals surface area (Å²) in [6.07, 6.45) is 1.43. The second kappa shape index (κ2) is 5.79. The van der Waals surface area contributed by atoms with Crippen LogP contribution in [0.3, 0.4) is 0 Å². The van der Waals surface area contributed by atoms with Crippen molar-refractivity contribution in [3.63, 3.8) is 0 Å². The first kappa shape index (κ1) is 14.1. The van der Waals surface area contributed by atoms with Gasteiger partial charge in [0.05, 0.1) is 12.3 Å². The quantitative estimate of drug-likeness (QED) is 0.850. The van der Waals surface area contributed by atoms with Crippen molar-refractivity contribution in [1.82, 2.24) is 5.32 Å². The largest absolute Gasteiger partial charge is 0.457 e. The summed E-state index contributed by atoms with van der Waals surface area (Å²) in [6, 6.07) is 2.42. The first-order chi connectivity index (χ1) is 9.04. The highest BCUT2D eigenvalue weighted by Crippen LogP contribution is 2.31. The van der Waals surface area contributed by atoms with E-state index in [1.807, 2.05) is 6.92 Å². The van der Waals surface area contributed by atoms with Gasteiger partial charge in [0.15, 0.2) is 16.3 Å². The summed E-state index contributed by atoms with van der Waals surface area (Å²) < 4.78 is 45.6. The molecule has 2 rings (SSSR count). The van der Waals surface area contributed by atoms with Gasteiger partial charge in [0, 0.05) is 17.2 Å². The molecule has 19 heavy (non-hydrogen) atoms. The summed E-state index contributed by atoms with van der Waals surface area (Å²) in [5.74, 6) is -3.10. The molecule has 0 saturated heterocycles. The average molecular weight is 334 g/mol. The van der Waals surface area contributed by atoms with Crippen LogP contribution in [0.5, 0.6) is 0 Å². The minimum absolute atomic E-state index is 0.0304. The van der Waals surface area contributed by atoms with E-state index in [0.717, 1.165) is 6.07 Å². The number of rotatable bonds is 4. The lowest BCUT2D eigenvalue weighted by Gasteiger charge is -2.18. The lowest BCUT2D eigenvalue weighted by Crippen LogP contribution is -2.23. The highest BCUT2D eigenvalue weighted by molar-refractivity contribution is 9.10. The first-order valence-electron chi connectivity index (χ1n) is 5.65. The third-order valence-corrected chi connectivity index (χ3v) is 3.36. The smallest absolute Gasteiger partial charge is 0.174 e. The third-order valence-electron chi connectivity index (χ3n) is 2.72. The Balaban J connectivity index is 2.51. The summed E-state index contributed by atoms with van der Waals surface area (Å²) >= 11 is 3.19. The Labute approximate surface area is 116 Å². The summed E-state index contributed by atoms with van der Waals surface area (Å²) in [6.45, 7) is 2.36. The molecule has 0 fully saturated rings. The molecule has 0 spiro atoms. The summed E-state index contributed by atoms with van der Waals surface area (Å²) in [5, 5.41) is 3.01. The van der Waals surface area contributed by atoms with Gasteiger partial charge in [-0.05, 0) is 34.6 Å². The van der Waals surface area contributed by atoms with Crippen LogP contribution in [0.1, 0.15) is 24.1 Å². The molecule has 6 heteroatoms. The maximum Gasteiger partial charge on any atom is 0.174 e. The molecule has 0 bridgehead atoms. The Morgan fingerprint density at radius 3 is 2.42 bits per heavy atom. The molecular weight excluding hydrogens is 323 g/mol. The topological polar surface area (TPSA) is 25.2 Å². The Morgan fingerprint density at radius 1 is 1.16 bits per heavy atom. The van der Waals surface area contributed by atoms with E-state index in [9.17, 15) is 13.2 Å². The van der Waals surface area contributed by atoms with Gasteiger partial charge in [-0.25, -0.2) is 13.2 Å². The van der Waals surface area contributed by atoms with Crippen molar-refractivity contribution in [1.29, 1.82) is 0 Å². The predicted molar refractivity (Wildman–Crippen MR) is 68.2 cm³/mol. The molecule has 0 aliphatic carbocycles. The zero-order chi connectivity index (χ0) is 14.0. The zero-order valence-corrected chi connectivity index (χ0v) is 11.6. The summed E-state index contributed by atoms with van der Waals surface area (Å²) in [4.78, 5) is 0. The minimum Gasteiger partial charge on any atom is -0.457 e. The molecule has 102 valence electrons. The van der Waals surface area contributed by atoms with Gasteiger partial charge in [-0.15, -0.1) is 0 Å². The van der Waals surface area contributed by atoms with Gasteiger partial charge < -0.3 is 9.73 Å². The number of furan rings is 1. The summed E-state index contributed by atoms with van der Waals surface area (Å²) in [7, 11) is 0. The molecule has 1 atom stereocenters. The molecule has 1 aromatic carbocycles. The van der Waals surface area contributed by atoms with Crippen molar-refractivity contribution in [2.75, 3.05) is 6.54 Å². The molecular formula is C13H11BrF3NO. The van der Waals surface area contributed by atoms with Crippen molar-refractivity contribution in [3.8, 4) is 0 Å². The van der Waals surface area contributed by atoms with Crippen LogP contribution in [-0.4, -0.2) is 6.54 Å². The van der Waals surface area contributed by atoms with Gasteiger partial charge in [0.2, 0.25) is 0 Å². The van der Waals surface area contributed by atoms with E-state index in [4.69, 9.17) is 4.42 Å². The van der Waals surface area contributed by atoms with Crippen LogP contribution in [-0.2, 0) is 0 Å². The van der Waals surface area contributed by atoms with Crippen LogP contribution in [0.25, 0.3) is 0 Å². The lowest BCUT2D eigenvalue weighted by molar-refractivity contribution is 0.478. The van der Waals surface area contributed by atoms with Crippen molar-refractivity contribution >= 4 is 15.9 Å². The van der Waals surface area contributed by atoms with Gasteiger partial charge in [0.1, 0.15) is 5.82 Å². The van der Waals surface area contributed by atoms with Crippen molar-refractivity contribution < 1.29 is 17.6 Å². The number of hydrogen-bond donors (Lipinski definition) is 1. The standard InChI is InChI=1S/C13H11BrF3NO/c1-2-18-12(7-3-4-19-13(7)14)8-5-10(16)11(17)6-9(8)15/h3-6,12,18H,2H2,1H3. The molecule has 0 amide bonds. The number of nitrogens with one attached hydrogen (secondary N) is 1. The Kier molecular flexibility index (Phi) is 4.31. The van der Waals surface area contributed by atoms with Crippen molar-refractivity contribution in [2.45, 2.75) is 13.0 Å². The van der Waals surface area contributed by atoms with Crippen LogP contribution in [0.4, 0.5) is 13.2 Å². The fourth-order valence-corrected chi connectivity index (χ4v) is 2.33.